The largest absolute Gasteiger partial charge is 0.348 e. The molecule has 1 heterocycles. The smallest absolute Gasteiger partial charge is 0.258 e. The Bertz CT molecular complexity index is 1090. The van der Waals surface area contributed by atoms with Crippen LogP contribution < -0.4 is 10.2 Å². The first-order valence-electron chi connectivity index (χ1n) is 9.87. The van der Waals surface area contributed by atoms with Crippen molar-refractivity contribution >= 4 is 17.5 Å². The molecule has 146 valence electrons. The van der Waals surface area contributed by atoms with Crippen LogP contribution in [0, 0.1) is 13.8 Å². The molecule has 0 bridgehead atoms. The number of nitrogens with zero attached hydrogens (tertiary/aromatic N) is 1. The van der Waals surface area contributed by atoms with Crippen LogP contribution in [0.2, 0.25) is 0 Å². The predicted molar refractivity (Wildman–Crippen MR) is 115 cm³/mol. The van der Waals surface area contributed by atoms with Crippen LogP contribution in [0.1, 0.15) is 43.0 Å². The summed E-state index contributed by atoms with van der Waals surface area (Å²) in [6, 6.07) is 21.3. The molecule has 0 radical (unpaired) electrons. The highest BCUT2D eigenvalue weighted by atomic mass is 16.2. The highest BCUT2D eigenvalue weighted by Crippen LogP contribution is 2.31. The molecule has 0 spiro atoms. The lowest BCUT2D eigenvalue weighted by Gasteiger charge is -2.19. The van der Waals surface area contributed by atoms with E-state index in [-0.39, 0.29) is 11.8 Å². The minimum absolute atomic E-state index is 0.0304. The summed E-state index contributed by atoms with van der Waals surface area (Å²) >= 11 is 0. The van der Waals surface area contributed by atoms with E-state index in [1.165, 1.54) is 5.56 Å². The van der Waals surface area contributed by atoms with Gasteiger partial charge < -0.3 is 10.2 Å². The van der Waals surface area contributed by atoms with E-state index in [4.69, 9.17) is 0 Å². The zero-order valence-electron chi connectivity index (χ0n) is 16.7. The molecule has 0 atom stereocenters. The number of carbonyl (C=O) groups excluding carboxylic acids is 2. The van der Waals surface area contributed by atoms with Crippen LogP contribution >= 0.6 is 0 Å². The Morgan fingerprint density at radius 2 is 1.79 bits per heavy atom. The van der Waals surface area contributed by atoms with Crippen molar-refractivity contribution in [3.63, 3.8) is 0 Å². The third-order valence-electron chi connectivity index (χ3n) is 5.40. The second kappa shape index (κ2) is 7.92. The van der Waals surface area contributed by atoms with Gasteiger partial charge in [-0.15, -0.1) is 0 Å². The lowest BCUT2D eigenvalue weighted by Crippen LogP contribution is -2.29. The van der Waals surface area contributed by atoms with E-state index >= 15 is 0 Å². The summed E-state index contributed by atoms with van der Waals surface area (Å²) in [5.74, 6) is -0.0650. The Morgan fingerprint density at radius 3 is 2.59 bits per heavy atom. The van der Waals surface area contributed by atoms with E-state index < -0.39 is 0 Å². The molecule has 29 heavy (non-hydrogen) atoms. The van der Waals surface area contributed by atoms with Crippen molar-refractivity contribution in [3.05, 3.63) is 100 Å². The molecule has 1 N–H and O–H groups in total. The number of anilines is 1. The zero-order valence-corrected chi connectivity index (χ0v) is 16.7. The standard InChI is InChI=1S/C25H24N2O2/c1-17-6-5-8-21(14-17)24(28)26-16-19-10-11-20-12-13-27(23(20)15-19)25(29)22-9-4-3-7-18(22)2/h3-11,14-15H,12-13,16H2,1-2H3,(H,26,28). The van der Waals surface area contributed by atoms with Crippen molar-refractivity contribution in [3.8, 4) is 0 Å². The second-order valence-electron chi connectivity index (χ2n) is 7.54. The summed E-state index contributed by atoms with van der Waals surface area (Å²) in [6.07, 6.45) is 0.850. The molecule has 2 amide bonds. The number of aryl methyl sites for hydroxylation is 2. The summed E-state index contributed by atoms with van der Waals surface area (Å²) < 4.78 is 0. The summed E-state index contributed by atoms with van der Waals surface area (Å²) in [5, 5.41) is 2.98. The summed E-state index contributed by atoms with van der Waals surface area (Å²) in [4.78, 5) is 27.4. The topological polar surface area (TPSA) is 49.4 Å². The normalized spacial score (nSPS) is 12.6. The van der Waals surface area contributed by atoms with Crippen LogP contribution in [-0.4, -0.2) is 18.4 Å². The quantitative estimate of drug-likeness (QED) is 0.723. The van der Waals surface area contributed by atoms with Crippen LogP contribution in [0.15, 0.2) is 66.7 Å². The van der Waals surface area contributed by atoms with Crippen molar-refractivity contribution < 1.29 is 9.59 Å². The molecule has 1 aliphatic rings. The van der Waals surface area contributed by atoms with Crippen LogP contribution in [0.25, 0.3) is 0 Å². The predicted octanol–water partition coefficient (Wildman–Crippen LogP) is 4.44. The van der Waals surface area contributed by atoms with E-state index in [1.807, 2.05) is 79.4 Å². The van der Waals surface area contributed by atoms with Gasteiger partial charge in [0.1, 0.15) is 0 Å². The fourth-order valence-electron chi connectivity index (χ4n) is 3.77. The van der Waals surface area contributed by atoms with E-state index in [9.17, 15) is 9.59 Å². The number of hydrogen-bond donors (Lipinski definition) is 1. The highest BCUT2D eigenvalue weighted by Gasteiger charge is 2.26. The molecule has 3 aromatic rings. The maximum Gasteiger partial charge on any atom is 0.258 e. The Labute approximate surface area is 171 Å². The number of carbonyl (C=O) groups is 2. The molecule has 0 saturated carbocycles. The molecule has 0 fully saturated rings. The van der Waals surface area contributed by atoms with Gasteiger partial charge in [0.15, 0.2) is 0 Å². The van der Waals surface area contributed by atoms with Crippen molar-refractivity contribution in [1.82, 2.24) is 5.32 Å². The fraction of sp³-hybridized carbons (Fsp3) is 0.200. The van der Waals surface area contributed by atoms with Gasteiger partial charge in [-0.3, -0.25) is 9.59 Å². The van der Waals surface area contributed by atoms with Gasteiger partial charge in [0, 0.05) is 29.9 Å². The molecule has 3 aromatic carbocycles. The lowest BCUT2D eigenvalue weighted by molar-refractivity contribution is 0.0949. The van der Waals surface area contributed by atoms with Crippen molar-refractivity contribution in [1.29, 1.82) is 0 Å². The van der Waals surface area contributed by atoms with Crippen LogP contribution in [0.4, 0.5) is 5.69 Å². The molecule has 4 nitrogen and oxygen atoms in total. The van der Waals surface area contributed by atoms with Gasteiger partial charge in [-0.1, -0.05) is 48.0 Å². The van der Waals surface area contributed by atoms with E-state index in [0.29, 0.717) is 18.7 Å². The molecule has 4 rings (SSSR count). The van der Waals surface area contributed by atoms with Crippen molar-refractivity contribution in [2.45, 2.75) is 26.8 Å². The number of hydrogen-bond acceptors (Lipinski definition) is 2. The Hall–Kier alpha value is -3.40. The lowest BCUT2D eigenvalue weighted by atomic mass is 10.1. The Kier molecular flexibility index (Phi) is 5.17. The number of benzene rings is 3. The molecular weight excluding hydrogens is 360 g/mol. The first kappa shape index (κ1) is 18.9. The van der Waals surface area contributed by atoms with E-state index in [0.717, 1.165) is 34.4 Å². The van der Waals surface area contributed by atoms with Crippen LogP contribution in [-0.2, 0) is 13.0 Å². The first-order valence-corrected chi connectivity index (χ1v) is 9.87. The summed E-state index contributed by atoms with van der Waals surface area (Å²) in [5.41, 5.74) is 6.52. The molecule has 0 aliphatic carbocycles. The van der Waals surface area contributed by atoms with Crippen LogP contribution in [0.3, 0.4) is 0 Å². The third kappa shape index (κ3) is 3.92. The SMILES string of the molecule is Cc1cccc(C(=O)NCc2ccc3c(c2)N(C(=O)c2ccccc2C)CC3)c1. The third-order valence-corrected chi connectivity index (χ3v) is 5.40. The van der Waals surface area contributed by atoms with Gasteiger partial charge in [-0.05, 0) is 61.2 Å². The van der Waals surface area contributed by atoms with Crippen LogP contribution in [0.5, 0.6) is 0 Å². The molecule has 4 heteroatoms. The maximum atomic E-state index is 13.1. The number of rotatable bonds is 4. The number of amides is 2. The molecule has 0 aromatic heterocycles. The Morgan fingerprint density at radius 1 is 0.966 bits per heavy atom. The van der Waals surface area contributed by atoms with Gasteiger partial charge in [0.2, 0.25) is 0 Å². The first-order chi connectivity index (χ1) is 14.0. The summed E-state index contributed by atoms with van der Waals surface area (Å²) in [7, 11) is 0. The zero-order chi connectivity index (χ0) is 20.4. The minimum Gasteiger partial charge on any atom is -0.348 e. The summed E-state index contributed by atoms with van der Waals surface area (Å²) in [6.45, 7) is 5.03. The average Bonchev–Trinajstić information content (AvgIpc) is 3.15. The minimum atomic E-state index is -0.0953. The van der Waals surface area contributed by atoms with E-state index in [1.54, 1.807) is 0 Å². The average molecular weight is 384 g/mol. The highest BCUT2D eigenvalue weighted by molar-refractivity contribution is 6.08. The molecular formula is C25H24N2O2. The Balaban J connectivity index is 1.51. The van der Waals surface area contributed by atoms with Gasteiger partial charge >= 0.3 is 0 Å². The monoisotopic (exact) mass is 384 g/mol. The molecule has 1 aliphatic heterocycles. The van der Waals surface area contributed by atoms with E-state index in [2.05, 4.69) is 11.4 Å². The van der Waals surface area contributed by atoms with Gasteiger partial charge in [0.25, 0.3) is 11.8 Å². The van der Waals surface area contributed by atoms with Crippen molar-refractivity contribution in [2.24, 2.45) is 0 Å². The van der Waals surface area contributed by atoms with Gasteiger partial charge in [-0.25, -0.2) is 0 Å². The number of nitrogens with one attached hydrogen (secondary N) is 1. The second-order valence-corrected chi connectivity index (χ2v) is 7.54. The number of fused-ring (bicyclic) bond motifs is 1. The van der Waals surface area contributed by atoms with Gasteiger partial charge in [-0.2, -0.15) is 0 Å². The molecule has 0 saturated heterocycles. The fourth-order valence-corrected chi connectivity index (χ4v) is 3.77. The van der Waals surface area contributed by atoms with Crippen molar-refractivity contribution in [2.75, 3.05) is 11.4 Å². The maximum absolute atomic E-state index is 13.1. The van der Waals surface area contributed by atoms with Gasteiger partial charge in [0.05, 0.1) is 0 Å². The molecule has 0 unspecified atom stereocenters.